The zero-order valence-corrected chi connectivity index (χ0v) is 60.8. The SMILES string of the molecule is COC(=O)C1(c2cccc(F)c2C)CCc2nc(-c3cncnc3)sc2C1.COC(=O)C1(c2cccc(F)c2C)CCc2nc(Br)sc2C1.Cc1c(F)cccc1C1(C(=O)NO)CCc2nc(-c3cncnc3)sc2C1.Cc1c(F)cccc1C1(C(=O)O)CCc2nc(-c3cncnc3)sc2C1. The van der Waals surface area contributed by atoms with Gasteiger partial charge in [0.05, 0.1) is 58.7 Å². The zero-order chi connectivity index (χ0) is 72.3. The third kappa shape index (κ3) is 13.9. The van der Waals surface area contributed by atoms with Crippen molar-refractivity contribution < 1.29 is 56.5 Å². The van der Waals surface area contributed by atoms with Gasteiger partial charge >= 0.3 is 17.9 Å². The standard InChI is InChI=1S/C20H18FN3O2S.C19H17FN4O2S.C19H16FN3O2S.C16H15BrFNO2S/c1-12-14(4-3-5-15(12)21)20(19(25)26-2)7-6-16-17(8-20)27-18(24-16)13-9-22-11-23-10-13;1-11-13(3-2-4-14(11)20)19(18(25)24-26)6-5-15-16(7-19)27-17(23-15)12-8-21-10-22-9-12;1-11-13(3-2-4-14(11)20)19(18(24)25)6-5-15-16(7-19)26-17(23-15)12-8-21-10-22-9-12;1-9-10(4-3-5-11(9)18)16(14(20)21-2)7-6-12-13(8-16)22-15(17)19-12/h3-5,9-11H,6-8H2,1-2H3;2-4,8-10,26H,5-7H2,1H3,(H,24,25);2-4,8-10H,5-7H2,1H3,(H,24,25);3-5H,6-8H2,1-2H3. The fourth-order valence-electron chi connectivity index (χ4n) is 14.3. The highest BCUT2D eigenvalue weighted by Crippen LogP contribution is 2.49. The van der Waals surface area contributed by atoms with Gasteiger partial charge in [-0.3, -0.25) is 24.4 Å². The van der Waals surface area contributed by atoms with Gasteiger partial charge < -0.3 is 14.6 Å². The minimum atomic E-state index is -1.13. The Labute approximate surface area is 608 Å². The van der Waals surface area contributed by atoms with Crippen LogP contribution in [0.2, 0.25) is 0 Å². The number of hydrogen-bond donors (Lipinski definition) is 3. The second-order valence-corrected chi connectivity index (χ2v) is 30.9. The summed E-state index contributed by atoms with van der Waals surface area (Å²) < 4.78 is 67.5. The number of halogens is 5. The van der Waals surface area contributed by atoms with Crippen molar-refractivity contribution in [2.45, 2.75) is 126 Å². The topological polar surface area (TPSA) is 268 Å². The molecular weight excluding hydrogens is 1460 g/mol. The molecule has 19 nitrogen and oxygen atoms in total. The number of benzene rings is 4. The number of aryl methyl sites for hydroxylation is 4. The van der Waals surface area contributed by atoms with E-state index in [4.69, 9.17) is 14.5 Å². The molecule has 0 radical (unpaired) electrons. The Hall–Kier alpha value is -9.32. The largest absolute Gasteiger partial charge is 0.481 e. The highest BCUT2D eigenvalue weighted by atomic mass is 79.9. The number of fused-ring (bicyclic) bond motifs is 4. The predicted molar refractivity (Wildman–Crippen MR) is 380 cm³/mol. The fraction of sp³-hybridized carbons (Fsp3) is 0.297. The van der Waals surface area contributed by atoms with Gasteiger partial charge in [0.15, 0.2) is 3.92 Å². The van der Waals surface area contributed by atoms with Crippen LogP contribution < -0.4 is 5.48 Å². The summed E-state index contributed by atoms with van der Waals surface area (Å²) in [6.07, 6.45) is 20.6. The van der Waals surface area contributed by atoms with E-state index in [1.54, 1.807) is 107 Å². The van der Waals surface area contributed by atoms with E-state index in [0.29, 0.717) is 116 Å². The summed E-state index contributed by atoms with van der Waals surface area (Å²) in [5, 5.41) is 21.8. The number of carbonyl (C=O) groups is 4. The second kappa shape index (κ2) is 30.3. The van der Waals surface area contributed by atoms with E-state index in [1.807, 2.05) is 12.1 Å². The van der Waals surface area contributed by atoms with Crippen molar-refractivity contribution >= 4 is 85.1 Å². The molecule has 524 valence electrons. The maximum absolute atomic E-state index is 14.2. The van der Waals surface area contributed by atoms with Crippen LogP contribution in [-0.4, -0.2) is 98.2 Å². The molecule has 28 heteroatoms. The van der Waals surface area contributed by atoms with Gasteiger partial charge in [-0.15, -0.1) is 45.3 Å². The summed E-state index contributed by atoms with van der Waals surface area (Å²) in [6, 6.07) is 19.2. The van der Waals surface area contributed by atoms with E-state index >= 15 is 0 Å². The molecule has 4 aromatic carbocycles. The summed E-state index contributed by atoms with van der Waals surface area (Å²) in [5.74, 6) is -3.44. The highest BCUT2D eigenvalue weighted by Gasteiger charge is 2.50. The van der Waals surface area contributed by atoms with Crippen molar-refractivity contribution in [3.8, 4) is 31.7 Å². The summed E-state index contributed by atoms with van der Waals surface area (Å²) in [4.78, 5) is 97.1. The number of nitrogens with one attached hydrogen (secondary N) is 1. The van der Waals surface area contributed by atoms with Gasteiger partial charge in [-0.05, 0) is 164 Å². The first-order valence-electron chi connectivity index (χ1n) is 32.3. The Morgan fingerprint density at radius 1 is 0.441 bits per heavy atom. The van der Waals surface area contributed by atoms with Gasteiger partial charge in [-0.2, -0.15) is 0 Å². The maximum atomic E-state index is 14.2. The van der Waals surface area contributed by atoms with Crippen molar-refractivity contribution in [3.05, 3.63) is 243 Å². The monoisotopic (exact) mass is 1520 g/mol. The number of carboxylic acid groups (broad SMARTS) is 1. The number of carboxylic acids is 1. The summed E-state index contributed by atoms with van der Waals surface area (Å²) in [5.41, 5.74) is 8.60. The number of aromatic nitrogens is 10. The molecule has 4 atom stereocenters. The summed E-state index contributed by atoms with van der Waals surface area (Å²) in [6.45, 7) is 6.73. The van der Waals surface area contributed by atoms with Crippen LogP contribution in [0.3, 0.4) is 0 Å². The lowest BCUT2D eigenvalue weighted by Gasteiger charge is -2.36. The van der Waals surface area contributed by atoms with Crippen LogP contribution in [0.25, 0.3) is 31.7 Å². The molecule has 1 amide bonds. The Balaban J connectivity index is 0.000000129. The van der Waals surface area contributed by atoms with E-state index < -0.39 is 33.5 Å². The average molecular weight is 1520 g/mol. The number of carbonyl (C=O) groups excluding carboxylic acids is 3. The number of hydrogen-bond acceptors (Lipinski definition) is 21. The van der Waals surface area contributed by atoms with Crippen molar-refractivity contribution in [2.24, 2.45) is 0 Å². The Morgan fingerprint density at radius 2 is 0.725 bits per heavy atom. The molecule has 4 aliphatic rings. The van der Waals surface area contributed by atoms with Crippen molar-refractivity contribution in [1.82, 2.24) is 55.3 Å². The lowest BCUT2D eigenvalue weighted by atomic mass is 9.68. The quantitative estimate of drug-likeness (QED) is 0.0470. The molecule has 0 saturated heterocycles. The number of thiazole rings is 4. The van der Waals surface area contributed by atoms with Crippen LogP contribution in [0.1, 0.15) is 112 Å². The number of ether oxygens (including phenoxy) is 2. The summed E-state index contributed by atoms with van der Waals surface area (Å²) >= 11 is 9.40. The van der Waals surface area contributed by atoms with Gasteiger partial charge in [0, 0.05) is 99.1 Å². The maximum Gasteiger partial charge on any atom is 0.316 e. The predicted octanol–water partition coefficient (Wildman–Crippen LogP) is 14.1. The minimum Gasteiger partial charge on any atom is -0.481 e. The fourth-order valence-corrected chi connectivity index (χ4v) is 19.6. The Bertz CT molecular complexity index is 4810. The number of hydroxylamine groups is 1. The smallest absolute Gasteiger partial charge is 0.316 e. The van der Waals surface area contributed by atoms with Gasteiger partial charge in [0.25, 0.3) is 5.91 Å². The van der Waals surface area contributed by atoms with Crippen molar-refractivity contribution in [2.75, 3.05) is 14.2 Å². The lowest BCUT2D eigenvalue weighted by molar-refractivity contribution is -0.149. The Morgan fingerprint density at radius 3 is 1.06 bits per heavy atom. The summed E-state index contributed by atoms with van der Waals surface area (Å²) in [7, 11) is 2.77. The molecule has 0 bridgehead atoms. The van der Waals surface area contributed by atoms with Gasteiger partial charge in [0.1, 0.15) is 57.3 Å². The van der Waals surface area contributed by atoms with Crippen LogP contribution in [0.15, 0.2) is 133 Å². The molecule has 0 saturated carbocycles. The number of esters is 2. The van der Waals surface area contributed by atoms with E-state index in [-0.39, 0.29) is 35.2 Å². The molecule has 4 unspecified atom stereocenters. The third-order valence-electron chi connectivity index (χ3n) is 19.7. The zero-order valence-electron chi connectivity index (χ0n) is 55.9. The normalized spacial score (nSPS) is 19.3. The molecule has 3 N–H and O–H groups in total. The molecule has 0 aliphatic heterocycles. The lowest BCUT2D eigenvalue weighted by Crippen LogP contribution is -2.47. The average Bonchev–Trinajstić information content (AvgIpc) is 1.54. The number of methoxy groups -OCH3 is 2. The molecule has 11 aromatic rings. The third-order valence-corrected chi connectivity index (χ3v) is 24.7. The van der Waals surface area contributed by atoms with E-state index in [2.05, 4.69) is 60.8 Å². The van der Waals surface area contributed by atoms with E-state index in [1.165, 1.54) is 103 Å². The number of nitrogens with zero attached hydrogens (tertiary/aromatic N) is 10. The molecule has 0 fully saturated rings. The van der Waals surface area contributed by atoms with Crippen LogP contribution in [0.4, 0.5) is 17.6 Å². The number of aliphatic carboxylic acids is 1. The molecule has 15 rings (SSSR count). The first-order chi connectivity index (χ1) is 49.1. The Kier molecular flexibility index (Phi) is 21.5. The molecular formula is C74H66BrF4N11O8S4. The number of amides is 1. The van der Waals surface area contributed by atoms with Crippen LogP contribution in [0, 0.1) is 51.0 Å². The van der Waals surface area contributed by atoms with Crippen molar-refractivity contribution in [1.29, 1.82) is 0 Å². The van der Waals surface area contributed by atoms with Crippen LogP contribution in [0.5, 0.6) is 0 Å². The molecule has 7 aromatic heterocycles. The molecule has 102 heavy (non-hydrogen) atoms. The van der Waals surface area contributed by atoms with Gasteiger partial charge in [0.2, 0.25) is 0 Å². The number of rotatable bonds is 11. The first-order valence-corrected chi connectivity index (χ1v) is 36.4. The van der Waals surface area contributed by atoms with Crippen LogP contribution >= 0.6 is 61.3 Å². The van der Waals surface area contributed by atoms with E-state index in [0.717, 1.165) is 83.5 Å². The molecule has 4 aliphatic carbocycles. The molecule has 0 spiro atoms. The van der Waals surface area contributed by atoms with E-state index in [9.17, 15) is 47.1 Å². The minimum absolute atomic E-state index is 0.294. The second-order valence-electron chi connectivity index (χ2n) is 25.3. The van der Waals surface area contributed by atoms with Gasteiger partial charge in [-0.1, -0.05) is 48.5 Å². The van der Waals surface area contributed by atoms with Crippen LogP contribution in [-0.2, 0) is 102 Å². The van der Waals surface area contributed by atoms with Crippen molar-refractivity contribution in [3.63, 3.8) is 0 Å². The molecule has 7 heterocycles. The van der Waals surface area contributed by atoms with Gasteiger partial charge in [-0.25, -0.2) is 72.9 Å². The first kappa shape index (κ1) is 72.5. The highest BCUT2D eigenvalue weighted by molar-refractivity contribution is 9.11.